The van der Waals surface area contributed by atoms with Gasteiger partial charge in [0, 0.05) is 19.5 Å². The van der Waals surface area contributed by atoms with Crippen LogP contribution < -0.4 is 24.3 Å². The Hall–Kier alpha value is -5.92. The number of carboxylic acid groups (broad SMARTS) is 1. The van der Waals surface area contributed by atoms with Gasteiger partial charge >= 0.3 is 29.8 Å². The van der Waals surface area contributed by atoms with Gasteiger partial charge in [-0.25, -0.2) is 14.4 Å². The lowest BCUT2D eigenvalue weighted by atomic mass is 10.1. The van der Waals surface area contributed by atoms with Gasteiger partial charge in [-0.3, -0.25) is 14.4 Å². The molecule has 0 aliphatic heterocycles. The highest BCUT2D eigenvalue weighted by atomic mass is 16.6. The van der Waals surface area contributed by atoms with Crippen LogP contribution in [-0.4, -0.2) is 67.3 Å². The number of hydrogen-bond donors (Lipinski definition) is 2. The van der Waals surface area contributed by atoms with E-state index in [4.69, 9.17) is 28.4 Å². The van der Waals surface area contributed by atoms with Gasteiger partial charge in [0.1, 0.15) is 0 Å². The van der Waals surface area contributed by atoms with Gasteiger partial charge in [0.05, 0.1) is 25.3 Å². The lowest BCUT2D eigenvalue weighted by molar-refractivity contribution is -0.157. The van der Waals surface area contributed by atoms with E-state index in [0.29, 0.717) is 5.56 Å². The van der Waals surface area contributed by atoms with E-state index in [1.54, 1.807) is 25.1 Å². The summed E-state index contributed by atoms with van der Waals surface area (Å²) in [6.07, 6.45) is -4.56. The van der Waals surface area contributed by atoms with E-state index in [1.165, 1.54) is 38.5 Å². The molecule has 0 aliphatic rings. The molecule has 0 aromatic heterocycles. The van der Waals surface area contributed by atoms with E-state index >= 15 is 0 Å². The third-order valence-electron chi connectivity index (χ3n) is 6.19. The van der Waals surface area contributed by atoms with E-state index in [-0.39, 0.29) is 39.8 Å². The zero-order valence-corrected chi connectivity index (χ0v) is 25.7. The molecule has 0 heterocycles. The average molecular weight is 638 g/mol. The zero-order chi connectivity index (χ0) is 34.1. The van der Waals surface area contributed by atoms with Gasteiger partial charge in [-0.05, 0) is 61.9 Å². The Labute approximate surface area is 263 Å². The van der Waals surface area contributed by atoms with E-state index in [2.05, 4.69) is 5.32 Å². The van der Waals surface area contributed by atoms with Crippen molar-refractivity contribution in [1.82, 2.24) is 0 Å². The van der Waals surface area contributed by atoms with Crippen LogP contribution in [0, 0.1) is 13.8 Å². The van der Waals surface area contributed by atoms with Gasteiger partial charge in [0.2, 0.25) is 12.2 Å². The number of anilines is 1. The molecular formula is C32H31NO13. The second-order valence-corrected chi connectivity index (χ2v) is 9.72. The summed E-state index contributed by atoms with van der Waals surface area (Å²) in [7, 11) is 2.50. The Balaban J connectivity index is 1.99. The van der Waals surface area contributed by atoms with E-state index < -0.39 is 48.0 Å². The molecule has 14 nitrogen and oxygen atoms in total. The Kier molecular flexibility index (Phi) is 11.4. The van der Waals surface area contributed by atoms with Crippen LogP contribution in [0.1, 0.15) is 45.7 Å². The zero-order valence-electron chi connectivity index (χ0n) is 25.7. The fraction of sp³-hybridized carbons (Fsp3) is 0.250. The summed E-state index contributed by atoms with van der Waals surface area (Å²) >= 11 is 0. The quantitative estimate of drug-likeness (QED) is 0.216. The van der Waals surface area contributed by atoms with Crippen molar-refractivity contribution in [3.8, 4) is 23.0 Å². The molecule has 2 atom stereocenters. The van der Waals surface area contributed by atoms with Crippen molar-refractivity contribution in [1.29, 1.82) is 0 Å². The van der Waals surface area contributed by atoms with Gasteiger partial charge in [-0.1, -0.05) is 17.7 Å². The van der Waals surface area contributed by atoms with Crippen molar-refractivity contribution in [2.75, 3.05) is 19.5 Å². The molecule has 0 bridgehead atoms. The molecule has 46 heavy (non-hydrogen) atoms. The number of benzene rings is 3. The van der Waals surface area contributed by atoms with Gasteiger partial charge in [-0.15, -0.1) is 0 Å². The summed E-state index contributed by atoms with van der Waals surface area (Å²) in [6.45, 7) is 5.85. The number of carboxylic acids is 1. The molecule has 2 N–H and O–H groups in total. The van der Waals surface area contributed by atoms with Crippen LogP contribution in [0.15, 0.2) is 54.6 Å². The van der Waals surface area contributed by atoms with Crippen molar-refractivity contribution in [2.24, 2.45) is 0 Å². The molecule has 0 saturated heterocycles. The van der Waals surface area contributed by atoms with Gasteiger partial charge < -0.3 is 38.8 Å². The van der Waals surface area contributed by atoms with Crippen molar-refractivity contribution >= 4 is 41.4 Å². The van der Waals surface area contributed by atoms with Crippen LogP contribution in [0.4, 0.5) is 5.69 Å². The van der Waals surface area contributed by atoms with Crippen molar-refractivity contribution in [3.05, 3.63) is 76.9 Å². The first-order valence-electron chi connectivity index (χ1n) is 13.5. The molecule has 0 aliphatic carbocycles. The molecule has 1 amide bonds. The van der Waals surface area contributed by atoms with Gasteiger partial charge in [-0.2, -0.15) is 0 Å². The monoisotopic (exact) mass is 637 g/mol. The fourth-order valence-electron chi connectivity index (χ4n) is 4.09. The summed E-state index contributed by atoms with van der Waals surface area (Å²) in [5.41, 5.74) is 1.35. The van der Waals surface area contributed by atoms with Crippen LogP contribution >= 0.6 is 0 Å². The number of hydrogen-bond acceptors (Lipinski definition) is 12. The molecule has 0 unspecified atom stereocenters. The van der Waals surface area contributed by atoms with Crippen molar-refractivity contribution in [2.45, 2.75) is 39.9 Å². The first-order chi connectivity index (χ1) is 21.7. The number of methoxy groups -OCH3 is 2. The van der Waals surface area contributed by atoms with Crippen LogP contribution in [0.2, 0.25) is 0 Å². The first kappa shape index (κ1) is 34.6. The minimum absolute atomic E-state index is 0.0109. The molecule has 14 heteroatoms. The minimum atomic E-state index is -2.34. The Morgan fingerprint density at radius 2 is 1.13 bits per heavy atom. The molecule has 242 valence electrons. The number of esters is 4. The van der Waals surface area contributed by atoms with Crippen LogP contribution in [-0.2, 0) is 28.7 Å². The lowest BCUT2D eigenvalue weighted by Gasteiger charge is -2.24. The number of carbonyl (C=O) groups is 6. The number of amides is 1. The predicted molar refractivity (Wildman–Crippen MR) is 159 cm³/mol. The number of nitrogens with one attached hydrogen (secondary N) is 1. The summed E-state index contributed by atoms with van der Waals surface area (Å²) in [4.78, 5) is 75.1. The summed E-state index contributed by atoms with van der Waals surface area (Å²) in [6, 6.07) is 12.1. The van der Waals surface area contributed by atoms with Gasteiger partial charge in [0.25, 0.3) is 5.91 Å². The SMILES string of the molecule is COc1cc(C(=O)O[C@H](C(=O)O)[C@@H](OC(=O)c2ccc(OC(C)=O)c(OC)c2)C(=O)Nc2ccc(C)cc2C)ccc1OC(C)=O. The molecule has 0 fully saturated rings. The van der Waals surface area contributed by atoms with E-state index in [0.717, 1.165) is 31.5 Å². The molecule has 3 aromatic rings. The number of carbonyl (C=O) groups excluding carboxylic acids is 5. The van der Waals surface area contributed by atoms with E-state index in [9.17, 15) is 33.9 Å². The third-order valence-corrected chi connectivity index (χ3v) is 6.19. The largest absolute Gasteiger partial charge is 0.493 e. The highest BCUT2D eigenvalue weighted by Crippen LogP contribution is 2.30. The maximum Gasteiger partial charge on any atom is 0.349 e. The Morgan fingerprint density at radius 3 is 1.54 bits per heavy atom. The van der Waals surface area contributed by atoms with Gasteiger partial charge in [0.15, 0.2) is 23.0 Å². The second-order valence-electron chi connectivity index (χ2n) is 9.72. The summed E-state index contributed by atoms with van der Waals surface area (Å²) in [5, 5.41) is 12.6. The van der Waals surface area contributed by atoms with Crippen molar-refractivity contribution in [3.63, 3.8) is 0 Å². The summed E-state index contributed by atoms with van der Waals surface area (Å²) in [5.74, 6) is -6.76. The second kappa shape index (κ2) is 15.2. The number of rotatable bonds is 12. The maximum atomic E-state index is 13.5. The van der Waals surface area contributed by atoms with E-state index in [1.807, 2.05) is 6.92 Å². The van der Waals surface area contributed by atoms with Crippen molar-refractivity contribution < 1.29 is 62.3 Å². The summed E-state index contributed by atoms with van der Waals surface area (Å²) < 4.78 is 30.9. The highest BCUT2D eigenvalue weighted by Gasteiger charge is 2.41. The number of aliphatic carboxylic acids is 1. The fourth-order valence-corrected chi connectivity index (χ4v) is 4.09. The minimum Gasteiger partial charge on any atom is -0.493 e. The predicted octanol–water partition coefficient (Wildman–Crippen LogP) is 3.65. The van der Waals surface area contributed by atoms with Crippen LogP contribution in [0.3, 0.4) is 0 Å². The smallest absolute Gasteiger partial charge is 0.349 e. The van der Waals surface area contributed by atoms with Crippen LogP contribution in [0.5, 0.6) is 23.0 Å². The number of aryl methyl sites for hydroxylation is 2. The van der Waals surface area contributed by atoms with Crippen LogP contribution in [0.25, 0.3) is 0 Å². The normalized spacial score (nSPS) is 11.7. The first-order valence-corrected chi connectivity index (χ1v) is 13.5. The molecular weight excluding hydrogens is 606 g/mol. The average Bonchev–Trinajstić information content (AvgIpc) is 2.99. The number of ether oxygens (including phenoxy) is 6. The third kappa shape index (κ3) is 8.81. The molecule has 0 saturated carbocycles. The standard InChI is InChI=1S/C32H31NO13/c1-16-7-10-22(17(2)13-16)33-29(36)27(45-31(39)20-8-11-23(43-18(3)34)25(14-20)41-5)28(30(37)38)46-32(40)21-9-12-24(44-19(4)35)26(15-21)42-6/h7-15,27-28H,1-6H3,(H,33,36)(H,37,38)/t27-,28+/m1/s1. The molecule has 3 rings (SSSR count). The molecule has 0 spiro atoms. The highest BCUT2D eigenvalue weighted by molar-refractivity contribution is 6.02. The maximum absolute atomic E-state index is 13.5. The Morgan fingerprint density at radius 1 is 0.652 bits per heavy atom. The topological polar surface area (TPSA) is 190 Å². The molecule has 0 radical (unpaired) electrons. The Bertz CT molecular complexity index is 1680. The lowest BCUT2D eigenvalue weighted by Crippen LogP contribution is -2.48. The molecule has 3 aromatic carbocycles.